The minimum absolute atomic E-state index is 0.0104. The van der Waals surface area contributed by atoms with Gasteiger partial charge in [-0.05, 0) is 25.7 Å². The predicted octanol–water partition coefficient (Wildman–Crippen LogP) is 1.47. The molecule has 1 saturated heterocycles. The van der Waals surface area contributed by atoms with Gasteiger partial charge in [0.05, 0.1) is 13.2 Å². The number of rotatable bonds is 5. The second-order valence-corrected chi connectivity index (χ2v) is 3.11. The summed E-state index contributed by atoms with van der Waals surface area (Å²) in [6.07, 6.45) is 7.88. The molecule has 0 aromatic heterocycles. The van der Waals surface area contributed by atoms with E-state index in [1.54, 1.807) is 6.08 Å². The zero-order valence-electron chi connectivity index (χ0n) is 7.95. The number of aliphatic hydroxyl groups is 1. The third-order valence-corrected chi connectivity index (χ3v) is 2.00. The van der Waals surface area contributed by atoms with Crippen molar-refractivity contribution < 1.29 is 14.6 Å². The summed E-state index contributed by atoms with van der Waals surface area (Å²) >= 11 is 0. The normalized spacial score (nSPS) is 23.9. The highest BCUT2D eigenvalue weighted by Crippen LogP contribution is 2.13. The van der Waals surface area contributed by atoms with Gasteiger partial charge in [-0.25, -0.2) is 0 Å². The smallest absolute Gasteiger partial charge is 0.157 e. The molecule has 1 N–H and O–H groups in total. The van der Waals surface area contributed by atoms with Crippen LogP contribution in [0.1, 0.15) is 25.7 Å². The van der Waals surface area contributed by atoms with Crippen LogP contribution in [0.4, 0.5) is 0 Å². The van der Waals surface area contributed by atoms with E-state index in [2.05, 4.69) is 0 Å². The molecule has 0 spiro atoms. The first-order valence-corrected chi connectivity index (χ1v) is 4.92. The summed E-state index contributed by atoms with van der Waals surface area (Å²) in [5.41, 5.74) is 0. The Labute approximate surface area is 79.3 Å². The van der Waals surface area contributed by atoms with Crippen LogP contribution in [0, 0.1) is 0 Å². The molecule has 0 aromatic carbocycles. The summed E-state index contributed by atoms with van der Waals surface area (Å²) in [5.74, 6) is 0. The molecule has 0 radical (unpaired) electrons. The fourth-order valence-corrected chi connectivity index (χ4v) is 1.30. The number of ether oxygens (including phenoxy) is 2. The Bertz CT molecular complexity index is 139. The Morgan fingerprint density at radius 3 is 3.00 bits per heavy atom. The summed E-state index contributed by atoms with van der Waals surface area (Å²) in [6.45, 7) is 1.62. The lowest BCUT2D eigenvalue weighted by atomic mass is 10.2. The number of hydrogen-bond donors (Lipinski definition) is 1. The van der Waals surface area contributed by atoms with Gasteiger partial charge in [0.25, 0.3) is 0 Å². The van der Waals surface area contributed by atoms with Crippen LogP contribution in [0.3, 0.4) is 0 Å². The van der Waals surface area contributed by atoms with Crippen molar-refractivity contribution in [3.8, 4) is 0 Å². The van der Waals surface area contributed by atoms with Gasteiger partial charge in [-0.15, -0.1) is 0 Å². The molecule has 1 aliphatic heterocycles. The number of hydrogen-bond acceptors (Lipinski definition) is 3. The van der Waals surface area contributed by atoms with Gasteiger partial charge in [-0.3, -0.25) is 0 Å². The average molecular weight is 186 g/mol. The van der Waals surface area contributed by atoms with Crippen molar-refractivity contribution in [2.45, 2.75) is 32.0 Å². The molecule has 3 heteroatoms. The van der Waals surface area contributed by atoms with Crippen molar-refractivity contribution in [2.75, 3.05) is 19.8 Å². The zero-order chi connectivity index (χ0) is 9.36. The monoisotopic (exact) mass is 186 g/mol. The molecule has 1 heterocycles. The molecule has 0 aliphatic carbocycles. The fraction of sp³-hybridized carbons (Fsp3) is 0.800. The van der Waals surface area contributed by atoms with Crippen molar-refractivity contribution in [3.05, 3.63) is 12.2 Å². The van der Waals surface area contributed by atoms with Crippen molar-refractivity contribution in [1.29, 1.82) is 0 Å². The van der Waals surface area contributed by atoms with Crippen LogP contribution in [-0.2, 0) is 9.47 Å². The molecule has 3 nitrogen and oxygen atoms in total. The van der Waals surface area contributed by atoms with Crippen LogP contribution in [-0.4, -0.2) is 31.2 Å². The lowest BCUT2D eigenvalue weighted by Crippen LogP contribution is -2.22. The number of aliphatic hydroxyl groups excluding tert-OH is 1. The molecular formula is C10H18O3. The Morgan fingerprint density at radius 1 is 1.38 bits per heavy atom. The van der Waals surface area contributed by atoms with Gasteiger partial charge in [0.2, 0.25) is 0 Å². The zero-order valence-corrected chi connectivity index (χ0v) is 7.95. The van der Waals surface area contributed by atoms with Gasteiger partial charge in [0.1, 0.15) is 0 Å². The maximum atomic E-state index is 8.46. The largest absolute Gasteiger partial charge is 0.392 e. The van der Waals surface area contributed by atoms with Gasteiger partial charge in [-0.2, -0.15) is 0 Å². The fourth-order valence-electron chi connectivity index (χ4n) is 1.30. The maximum absolute atomic E-state index is 8.46. The molecule has 1 aliphatic rings. The molecule has 1 atom stereocenters. The van der Waals surface area contributed by atoms with Crippen molar-refractivity contribution in [1.82, 2.24) is 0 Å². The Balaban J connectivity index is 1.95. The van der Waals surface area contributed by atoms with E-state index in [1.165, 1.54) is 6.42 Å². The lowest BCUT2D eigenvalue weighted by Gasteiger charge is -2.22. The van der Waals surface area contributed by atoms with Gasteiger partial charge in [0.15, 0.2) is 6.29 Å². The molecular weight excluding hydrogens is 168 g/mol. The molecule has 0 bridgehead atoms. The third kappa shape index (κ3) is 5.03. The van der Waals surface area contributed by atoms with Crippen molar-refractivity contribution >= 4 is 0 Å². The van der Waals surface area contributed by atoms with E-state index in [-0.39, 0.29) is 12.9 Å². The van der Waals surface area contributed by atoms with Crippen molar-refractivity contribution in [3.63, 3.8) is 0 Å². The Morgan fingerprint density at radius 2 is 2.31 bits per heavy atom. The van der Waals surface area contributed by atoms with E-state index in [0.717, 1.165) is 25.9 Å². The van der Waals surface area contributed by atoms with E-state index < -0.39 is 0 Å². The van der Waals surface area contributed by atoms with Crippen molar-refractivity contribution in [2.24, 2.45) is 0 Å². The van der Waals surface area contributed by atoms with Gasteiger partial charge in [-0.1, -0.05) is 12.2 Å². The SMILES string of the molecule is OC/C=C\CCOC1CCCCO1. The van der Waals surface area contributed by atoms with E-state index in [4.69, 9.17) is 14.6 Å². The molecule has 0 saturated carbocycles. The summed E-state index contributed by atoms with van der Waals surface area (Å²) in [5, 5.41) is 8.46. The molecule has 0 amide bonds. The summed E-state index contributed by atoms with van der Waals surface area (Å²) in [7, 11) is 0. The van der Waals surface area contributed by atoms with Crippen LogP contribution in [0.25, 0.3) is 0 Å². The average Bonchev–Trinajstić information content (AvgIpc) is 2.19. The third-order valence-electron chi connectivity index (χ3n) is 2.00. The minimum atomic E-state index is 0.0104. The maximum Gasteiger partial charge on any atom is 0.157 e. The van der Waals surface area contributed by atoms with E-state index >= 15 is 0 Å². The molecule has 1 rings (SSSR count). The molecule has 76 valence electrons. The molecule has 1 unspecified atom stereocenters. The van der Waals surface area contributed by atoms with Crippen LogP contribution < -0.4 is 0 Å². The standard InChI is InChI=1S/C10H18O3/c11-7-3-1-4-8-12-10-6-2-5-9-13-10/h1,3,10-11H,2,4-9H2/b3-1-. The van der Waals surface area contributed by atoms with Crippen LogP contribution >= 0.6 is 0 Å². The predicted molar refractivity (Wildman–Crippen MR) is 50.4 cm³/mol. The van der Waals surface area contributed by atoms with Crippen LogP contribution in [0.5, 0.6) is 0 Å². The van der Waals surface area contributed by atoms with E-state index in [1.807, 2.05) is 6.08 Å². The van der Waals surface area contributed by atoms with E-state index in [9.17, 15) is 0 Å². The molecule has 1 fully saturated rings. The highest BCUT2D eigenvalue weighted by atomic mass is 16.7. The second-order valence-electron chi connectivity index (χ2n) is 3.11. The molecule has 13 heavy (non-hydrogen) atoms. The lowest BCUT2D eigenvalue weighted by molar-refractivity contribution is -0.161. The first kappa shape index (κ1) is 10.7. The summed E-state index contributed by atoms with van der Waals surface area (Å²) < 4.78 is 10.9. The second kappa shape index (κ2) is 7.06. The topological polar surface area (TPSA) is 38.7 Å². The van der Waals surface area contributed by atoms with E-state index in [0.29, 0.717) is 6.61 Å². The van der Waals surface area contributed by atoms with Gasteiger partial charge >= 0.3 is 0 Å². The highest BCUT2D eigenvalue weighted by Gasteiger charge is 2.12. The Kier molecular flexibility index (Phi) is 5.81. The summed E-state index contributed by atoms with van der Waals surface area (Å²) in [4.78, 5) is 0. The van der Waals surface area contributed by atoms with Crippen LogP contribution in [0.2, 0.25) is 0 Å². The summed E-state index contributed by atoms with van der Waals surface area (Å²) in [6, 6.07) is 0. The van der Waals surface area contributed by atoms with Crippen LogP contribution in [0.15, 0.2) is 12.2 Å². The Hall–Kier alpha value is -0.380. The van der Waals surface area contributed by atoms with Gasteiger partial charge < -0.3 is 14.6 Å². The first-order chi connectivity index (χ1) is 6.43. The van der Waals surface area contributed by atoms with Gasteiger partial charge in [0, 0.05) is 6.61 Å². The minimum Gasteiger partial charge on any atom is -0.392 e. The quantitative estimate of drug-likeness (QED) is 0.522. The first-order valence-electron chi connectivity index (χ1n) is 4.92. The highest BCUT2D eigenvalue weighted by molar-refractivity contribution is 4.80. The molecule has 0 aromatic rings.